The van der Waals surface area contributed by atoms with Gasteiger partial charge in [0.25, 0.3) is 5.69 Å². The molecule has 2 heterocycles. The molecule has 1 aliphatic rings. The number of rotatable bonds is 6. The molecule has 0 N–H and O–H groups in total. The quantitative estimate of drug-likeness (QED) is 0.458. The van der Waals surface area contributed by atoms with Crippen molar-refractivity contribution in [1.29, 1.82) is 0 Å². The van der Waals surface area contributed by atoms with Crippen LogP contribution >= 0.6 is 11.8 Å². The molecule has 0 aliphatic carbocycles. The van der Waals surface area contributed by atoms with E-state index in [4.69, 9.17) is 4.74 Å². The van der Waals surface area contributed by atoms with E-state index < -0.39 is 4.92 Å². The molecule has 0 unspecified atom stereocenters. The standard InChI is InChI=1S/C15H18N4O3S/c1-2-23-15-17-16-14(18(15)10-13-4-3-9-22-13)11-5-7-12(8-6-11)19(20)21/h5-8,13H,2-4,9-10H2,1H3/t13-/m0/s1. The van der Waals surface area contributed by atoms with Gasteiger partial charge in [0, 0.05) is 24.3 Å². The average molecular weight is 334 g/mol. The number of hydrogen-bond donors (Lipinski definition) is 0. The first kappa shape index (κ1) is 15.9. The van der Waals surface area contributed by atoms with E-state index in [2.05, 4.69) is 21.7 Å². The summed E-state index contributed by atoms with van der Waals surface area (Å²) in [5.74, 6) is 1.63. The van der Waals surface area contributed by atoms with Gasteiger partial charge in [-0.05, 0) is 30.7 Å². The maximum Gasteiger partial charge on any atom is 0.269 e. The van der Waals surface area contributed by atoms with E-state index >= 15 is 0 Å². The lowest BCUT2D eigenvalue weighted by Gasteiger charge is -2.14. The van der Waals surface area contributed by atoms with Gasteiger partial charge in [-0.2, -0.15) is 0 Å². The predicted octanol–water partition coefficient (Wildman–Crippen LogP) is 3.14. The molecular formula is C15H18N4O3S. The average Bonchev–Trinajstić information content (AvgIpc) is 3.19. The van der Waals surface area contributed by atoms with Gasteiger partial charge in [-0.15, -0.1) is 10.2 Å². The first-order chi connectivity index (χ1) is 11.2. The van der Waals surface area contributed by atoms with Crippen LogP contribution < -0.4 is 0 Å². The molecular weight excluding hydrogens is 316 g/mol. The summed E-state index contributed by atoms with van der Waals surface area (Å²) in [5, 5.41) is 20.2. The van der Waals surface area contributed by atoms with Crippen molar-refractivity contribution < 1.29 is 9.66 Å². The van der Waals surface area contributed by atoms with Gasteiger partial charge in [0.15, 0.2) is 11.0 Å². The maximum atomic E-state index is 10.8. The van der Waals surface area contributed by atoms with Crippen molar-refractivity contribution in [1.82, 2.24) is 14.8 Å². The van der Waals surface area contributed by atoms with Gasteiger partial charge in [0.1, 0.15) is 0 Å². The molecule has 122 valence electrons. The van der Waals surface area contributed by atoms with E-state index in [-0.39, 0.29) is 11.8 Å². The SMILES string of the molecule is CCSc1nnc(-c2ccc([N+](=O)[O-])cc2)n1C[C@@H]1CCCO1. The Bertz CT molecular complexity index is 681. The van der Waals surface area contributed by atoms with Crippen LogP contribution in [0.5, 0.6) is 0 Å². The molecule has 1 atom stereocenters. The van der Waals surface area contributed by atoms with Crippen LogP contribution in [-0.4, -0.2) is 38.2 Å². The van der Waals surface area contributed by atoms with Gasteiger partial charge in [-0.1, -0.05) is 18.7 Å². The number of aromatic nitrogens is 3. The molecule has 0 saturated carbocycles. The summed E-state index contributed by atoms with van der Waals surface area (Å²) in [5.41, 5.74) is 0.895. The van der Waals surface area contributed by atoms with Crippen LogP contribution in [0.25, 0.3) is 11.4 Å². The van der Waals surface area contributed by atoms with Crippen molar-refractivity contribution >= 4 is 17.4 Å². The van der Waals surface area contributed by atoms with E-state index in [1.165, 1.54) is 12.1 Å². The van der Waals surface area contributed by atoms with Crippen molar-refractivity contribution in [2.24, 2.45) is 0 Å². The summed E-state index contributed by atoms with van der Waals surface area (Å²) in [6, 6.07) is 6.42. The summed E-state index contributed by atoms with van der Waals surface area (Å²) in [4.78, 5) is 10.4. The first-order valence-corrected chi connectivity index (χ1v) is 8.60. The number of non-ortho nitro benzene ring substituents is 1. The highest BCUT2D eigenvalue weighted by Gasteiger charge is 2.21. The number of nitrogens with zero attached hydrogens (tertiary/aromatic N) is 4. The van der Waals surface area contributed by atoms with Crippen molar-refractivity contribution in [2.75, 3.05) is 12.4 Å². The summed E-state index contributed by atoms with van der Waals surface area (Å²) < 4.78 is 7.79. The second-order valence-electron chi connectivity index (χ2n) is 5.29. The van der Waals surface area contributed by atoms with E-state index in [9.17, 15) is 10.1 Å². The third-order valence-corrected chi connectivity index (χ3v) is 4.59. The molecule has 1 aliphatic heterocycles. The maximum absolute atomic E-state index is 10.8. The van der Waals surface area contributed by atoms with Crippen LogP contribution in [0.3, 0.4) is 0 Å². The number of nitro groups is 1. The lowest BCUT2D eigenvalue weighted by Crippen LogP contribution is -2.16. The van der Waals surface area contributed by atoms with Gasteiger partial charge < -0.3 is 4.74 Å². The lowest BCUT2D eigenvalue weighted by molar-refractivity contribution is -0.384. The molecule has 23 heavy (non-hydrogen) atoms. The number of benzene rings is 1. The summed E-state index contributed by atoms with van der Waals surface area (Å²) in [6.45, 7) is 3.58. The minimum Gasteiger partial charge on any atom is -0.376 e. The van der Waals surface area contributed by atoms with Crippen molar-refractivity contribution in [3.8, 4) is 11.4 Å². The number of hydrogen-bond acceptors (Lipinski definition) is 6. The normalized spacial score (nSPS) is 17.5. The van der Waals surface area contributed by atoms with Gasteiger partial charge >= 0.3 is 0 Å². The number of thioether (sulfide) groups is 1. The van der Waals surface area contributed by atoms with Crippen molar-refractivity contribution in [2.45, 2.75) is 37.6 Å². The summed E-state index contributed by atoms with van der Waals surface area (Å²) in [6.07, 6.45) is 2.29. The zero-order chi connectivity index (χ0) is 16.2. The van der Waals surface area contributed by atoms with Crippen LogP contribution in [0.2, 0.25) is 0 Å². The fourth-order valence-electron chi connectivity index (χ4n) is 2.63. The summed E-state index contributed by atoms with van der Waals surface area (Å²) >= 11 is 1.63. The highest BCUT2D eigenvalue weighted by molar-refractivity contribution is 7.99. The Balaban J connectivity index is 1.92. The van der Waals surface area contributed by atoms with Crippen LogP contribution in [0.1, 0.15) is 19.8 Å². The Morgan fingerprint density at radius 2 is 2.17 bits per heavy atom. The number of ether oxygens (including phenoxy) is 1. The Morgan fingerprint density at radius 3 is 2.78 bits per heavy atom. The third kappa shape index (κ3) is 3.53. The molecule has 8 heteroatoms. The van der Waals surface area contributed by atoms with Crippen molar-refractivity contribution in [3.63, 3.8) is 0 Å². The fourth-order valence-corrected chi connectivity index (χ4v) is 3.30. The minimum atomic E-state index is -0.404. The molecule has 7 nitrogen and oxygen atoms in total. The van der Waals surface area contributed by atoms with Gasteiger partial charge in [0.05, 0.1) is 17.6 Å². The highest BCUT2D eigenvalue weighted by Crippen LogP contribution is 2.27. The zero-order valence-corrected chi connectivity index (χ0v) is 13.7. The molecule has 0 bridgehead atoms. The molecule has 0 amide bonds. The molecule has 0 radical (unpaired) electrons. The van der Waals surface area contributed by atoms with Crippen LogP contribution in [0.4, 0.5) is 5.69 Å². The monoisotopic (exact) mass is 334 g/mol. The summed E-state index contributed by atoms with van der Waals surface area (Å²) in [7, 11) is 0. The second kappa shape index (κ2) is 7.10. The van der Waals surface area contributed by atoms with Crippen LogP contribution in [0, 0.1) is 10.1 Å². The van der Waals surface area contributed by atoms with Gasteiger partial charge in [-0.3, -0.25) is 14.7 Å². The molecule has 3 rings (SSSR count). The Labute approximate surface area is 138 Å². The topological polar surface area (TPSA) is 83.1 Å². The van der Waals surface area contributed by atoms with Crippen LogP contribution in [0.15, 0.2) is 29.4 Å². The predicted molar refractivity (Wildman–Crippen MR) is 87.5 cm³/mol. The van der Waals surface area contributed by atoms with E-state index in [0.29, 0.717) is 6.54 Å². The second-order valence-corrected chi connectivity index (χ2v) is 6.52. The third-order valence-electron chi connectivity index (χ3n) is 3.74. The molecule has 1 aromatic carbocycles. The molecule has 1 saturated heterocycles. The van der Waals surface area contributed by atoms with E-state index in [1.54, 1.807) is 23.9 Å². The number of nitro benzene ring substituents is 1. The van der Waals surface area contributed by atoms with Crippen LogP contribution in [-0.2, 0) is 11.3 Å². The Kier molecular flexibility index (Phi) is 4.92. The fraction of sp³-hybridized carbons (Fsp3) is 0.467. The molecule has 0 spiro atoms. The van der Waals surface area contributed by atoms with Gasteiger partial charge in [-0.25, -0.2) is 0 Å². The molecule has 1 aromatic heterocycles. The van der Waals surface area contributed by atoms with Crippen molar-refractivity contribution in [3.05, 3.63) is 34.4 Å². The van der Waals surface area contributed by atoms with E-state index in [1.807, 2.05) is 0 Å². The largest absolute Gasteiger partial charge is 0.376 e. The first-order valence-electron chi connectivity index (χ1n) is 7.61. The lowest BCUT2D eigenvalue weighted by atomic mass is 10.2. The Hall–Kier alpha value is -1.93. The molecule has 1 fully saturated rings. The molecule has 2 aromatic rings. The van der Waals surface area contributed by atoms with Gasteiger partial charge in [0.2, 0.25) is 0 Å². The highest BCUT2D eigenvalue weighted by atomic mass is 32.2. The minimum absolute atomic E-state index is 0.0714. The smallest absolute Gasteiger partial charge is 0.269 e. The zero-order valence-electron chi connectivity index (χ0n) is 12.8. The van der Waals surface area contributed by atoms with E-state index in [0.717, 1.165) is 41.7 Å². The Morgan fingerprint density at radius 1 is 1.39 bits per heavy atom.